The lowest BCUT2D eigenvalue weighted by atomic mass is 9.93. The van der Waals surface area contributed by atoms with Crippen molar-refractivity contribution in [3.8, 4) is 0 Å². The van der Waals surface area contributed by atoms with Gasteiger partial charge < -0.3 is 15.0 Å². The topological polar surface area (TPSA) is 71.5 Å². The molecule has 4 rings (SSSR count). The van der Waals surface area contributed by atoms with Gasteiger partial charge in [0.2, 0.25) is 5.91 Å². The number of ether oxygens (including phenoxy) is 1. The first-order chi connectivity index (χ1) is 11.6. The van der Waals surface area contributed by atoms with Gasteiger partial charge >= 0.3 is 0 Å². The molecule has 1 aromatic heterocycles. The molecular formula is C18H23N3O3. The van der Waals surface area contributed by atoms with E-state index in [1.807, 2.05) is 4.90 Å². The lowest BCUT2D eigenvalue weighted by Gasteiger charge is -2.20. The van der Waals surface area contributed by atoms with Crippen molar-refractivity contribution in [3.05, 3.63) is 30.1 Å². The smallest absolute Gasteiger partial charge is 0.251 e. The van der Waals surface area contributed by atoms with E-state index in [2.05, 4.69) is 17.2 Å². The van der Waals surface area contributed by atoms with Gasteiger partial charge in [0.1, 0.15) is 0 Å². The number of nitrogens with one attached hydrogen (secondary N) is 1. The van der Waals surface area contributed by atoms with Crippen LogP contribution in [-0.4, -0.2) is 54.0 Å². The van der Waals surface area contributed by atoms with Gasteiger partial charge in [-0.05, 0) is 24.5 Å². The first kappa shape index (κ1) is 15.6. The van der Waals surface area contributed by atoms with Crippen LogP contribution in [0, 0.1) is 23.7 Å². The van der Waals surface area contributed by atoms with Crippen molar-refractivity contribution in [2.75, 3.05) is 26.2 Å². The monoisotopic (exact) mass is 329 g/mol. The predicted molar refractivity (Wildman–Crippen MR) is 87.1 cm³/mol. The Kier molecular flexibility index (Phi) is 4.00. The molecule has 1 saturated carbocycles. The van der Waals surface area contributed by atoms with Gasteiger partial charge in [-0.15, -0.1) is 0 Å². The SMILES string of the molecule is C[C@H]1C[C@H]1C(=O)N1C[C@@H]2[C@@H](CNC(=O)c3ccncc3)CO[C@@H]2C1. The quantitative estimate of drug-likeness (QED) is 0.892. The highest BCUT2D eigenvalue weighted by Crippen LogP contribution is 2.41. The molecule has 2 saturated heterocycles. The summed E-state index contributed by atoms with van der Waals surface area (Å²) >= 11 is 0. The third-order valence-electron chi connectivity index (χ3n) is 5.64. The largest absolute Gasteiger partial charge is 0.376 e. The molecule has 3 fully saturated rings. The van der Waals surface area contributed by atoms with E-state index >= 15 is 0 Å². The minimum absolute atomic E-state index is 0.0846. The van der Waals surface area contributed by atoms with E-state index in [1.54, 1.807) is 24.5 Å². The first-order valence-corrected chi connectivity index (χ1v) is 8.72. The van der Waals surface area contributed by atoms with Crippen LogP contribution >= 0.6 is 0 Å². The van der Waals surface area contributed by atoms with E-state index in [0.717, 1.165) is 13.0 Å². The molecule has 0 unspecified atom stereocenters. The van der Waals surface area contributed by atoms with E-state index in [4.69, 9.17) is 4.74 Å². The molecule has 1 aromatic rings. The Bertz CT molecular complexity index is 636. The van der Waals surface area contributed by atoms with Gasteiger partial charge in [0, 0.05) is 55.3 Å². The van der Waals surface area contributed by atoms with Crippen molar-refractivity contribution >= 4 is 11.8 Å². The minimum atomic E-state index is -0.0846. The standard InChI is InChI=1S/C18H23N3O3/c1-11-6-14(11)18(23)21-8-15-13(10-24-16(15)9-21)7-20-17(22)12-2-4-19-5-3-12/h2-5,11,13-16H,6-10H2,1H3,(H,20,22)/t11-,13-,14+,15+,16+/m0/s1. The number of carbonyl (C=O) groups excluding carboxylic acids is 2. The summed E-state index contributed by atoms with van der Waals surface area (Å²) in [7, 11) is 0. The maximum Gasteiger partial charge on any atom is 0.251 e. The number of rotatable bonds is 4. The molecular weight excluding hydrogens is 306 g/mol. The van der Waals surface area contributed by atoms with E-state index < -0.39 is 0 Å². The molecule has 5 atom stereocenters. The normalized spacial score (nSPS) is 34.0. The summed E-state index contributed by atoms with van der Waals surface area (Å²) in [6.45, 7) is 4.86. The van der Waals surface area contributed by atoms with Crippen molar-refractivity contribution < 1.29 is 14.3 Å². The van der Waals surface area contributed by atoms with Crippen LogP contribution in [-0.2, 0) is 9.53 Å². The molecule has 1 aliphatic carbocycles. The van der Waals surface area contributed by atoms with Crippen LogP contribution in [0.15, 0.2) is 24.5 Å². The highest BCUT2D eigenvalue weighted by Gasteiger charge is 2.49. The average Bonchev–Trinajstić information content (AvgIpc) is 3.02. The summed E-state index contributed by atoms with van der Waals surface area (Å²) in [5.74, 6) is 1.58. The minimum Gasteiger partial charge on any atom is -0.376 e. The molecule has 0 spiro atoms. The van der Waals surface area contributed by atoms with E-state index in [0.29, 0.717) is 43.0 Å². The van der Waals surface area contributed by atoms with Crippen molar-refractivity contribution in [3.63, 3.8) is 0 Å². The molecule has 6 nitrogen and oxygen atoms in total. The van der Waals surface area contributed by atoms with Gasteiger partial charge in [0.25, 0.3) is 5.91 Å². The summed E-state index contributed by atoms with van der Waals surface area (Å²) in [4.78, 5) is 30.5. The zero-order chi connectivity index (χ0) is 16.7. The highest BCUT2D eigenvalue weighted by molar-refractivity contribution is 5.93. The molecule has 0 bridgehead atoms. The third-order valence-corrected chi connectivity index (χ3v) is 5.64. The van der Waals surface area contributed by atoms with Crippen LogP contribution < -0.4 is 5.32 Å². The van der Waals surface area contributed by atoms with Gasteiger partial charge in [-0.1, -0.05) is 6.92 Å². The summed E-state index contributed by atoms with van der Waals surface area (Å²) in [5, 5.41) is 2.99. The van der Waals surface area contributed by atoms with Crippen LogP contribution in [0.2, 0.25) is 0 Å². The fourth-order valence-electron chi connectivity index (χ4n) is 3.92. The summed E-state index contributed by atoms with van der Waals surface area (Å²) < 4.78 is 5.88. The summed E-state index contributed by atoms with van der Waals surface area (Å²) in [6.07, 6.45) is 4.38. The first-order valence-electron chi connectivity index (χ1n) is 8.72. The van der Waals surface area contributed by atoms with Gasteiger partial charge in [0.05, 0.1) is 12.7 Å². The van der Waals surface area contributed by atoms with Crippen LogP contribution in [0.4, 0.5) is 0 Å². The Hall–Kier alpha value is -1.95. The van der Waals surface area contributed by atoms with Crippen molar-refractivity contribution in [2.45, 2.75) is 19.4 Å². The second kappa shape index (κ2) is 6.16. The number of hydrogen-bond donors (Lipinski definition) is 1. The second-order valence-corrected chi connectivity index (χ2v) is 7.30. The number of amides is 2. The van der Waals surface area contributed by atoms with Gasteiger partial charge in [-0.2, -0.15) is 0 Å². The number of hydrogen-bond acceptors (Lipinski definition) is 4. The number of nitrogens with zero attached hydrogens (tertiary/aromatic N) is 2. The number of fused-ring (bicyclic) bond motifs is 1. The fourth-order valence-corrected chi connectivity index (χ4v) is 3.92. The van der Waals surface area contributed by atoms with Crippen molar-refractivity contribution in [1.29, 1.82) is 0 Å². The second-order valence-electron chi connectivity index (χ2n) is 7.30. The average molecular weight is 329 g/mol. The van der Waals surface area contributed by atoms with Crippen molar-refractivity contribution in [1.82, 2.24) is 15.2 Å². The Morgan fingerprint density at radius 2 is 2.08 bits per heavy atom. The van der Waals surface area contributed by atoms with Crippen LogP contribution in [0.1, 0.15) is 23.7 Å². The number of aromatic nitrogens is 1. The Labute approximate surface area is 141 Å². The van der Waals surface area contributed by atoms with E-state index in [9.17, 15) is 9.59 Å². The van der Waals surface area contributed by atoms with Crippen LogP contribution in [0.25, 0.3) is 0 Å². The lowest BCUT2D eigenvalue weighted by molar-refractivity contribution is -0.132. The van der Waals surface area contributed by atoms with Gasteiger partial charge in [-0.3, -0.25) is 14.6 Å². The molecule has 1 N–H and O–H groups in total. The third kappa shape index (κ3) is 2.90. The van der Waals surface area contributed by atoms with Crippen LogP contribution in [0.3, 0.4) is 0 Å². The molecule has 24 heavy (non-hydrogen) atoms. The predicted octanol–water partition coefficient (Wildman–Crippen LogP) is 0.941. The van der Waals surface area contributed by atoms with Crippen molar-refractivity contribution in [2.24, 2.45) is 23.7 Å². The maximum atomic E-state index is 12.4. The maximum absolute atomic E-state index is 12.4. The summed E-state index contributed by atoms with van der Waals surface area (Å²) in [6, 6.07) is 3.41. The molecule has 2 aliphatic heterocycles. The molecule has 0 radical (unpaired) electrons. The number of carbonyl (C=O) groups is 2. The van der Waals surface area contributed by atoms with E-state index in [-0.39, 0.29) is 23.8 Å². The van der Waals surface area contributed by atoms with E-state index in [1.165, 1.54) is 0 Å². The number of likely N-dealkylation sites (tertiary alicyclic amines) is 1. The molecule has 3 heterocycles. The molecule has 6 heteroatoms. The highest BCUT2D eigenvalue weighted by atomic mass is 16.5. The number of pyridine rings is 1. The molecule has 2 amide bonds. The summed E-state index contributed by atoms with van der Waals surface area (Å²) in [5.41, 5.74) is 0.617. The molecule has 3 aliphatic rings. The van der Waals surface area contributed by atoms with Gasteiger partial charge in [-0.25, -0.2) is 0 Å². The Morgan fingerprint density at radius 3 is 2.79 bits per heavy atom. The molecule has 0 aromatic carbocycles. The Morgan fingerprint density at radius 1 is 1.33 bits per heavy atom. The molecule has 128 valence electrons. The zero-order valence-corrected chi connectivity index (χ0v) is 13.9. The van der Waals surface area contributed by atoms with Crippen LogP contribution in [0.5, 0.6) is 0 Å². The Balaban J connectivity index is 1.31. The lowest BCUT2D eigenvalue weighted by Crippen LogP contribution is -2.36. The zero-order valence-electron chi connectivity index (χ0n) is 13.9. The van der Waals surface area contributed by atoms with Gasteiger partial charge in [0.15, 0.2) is 0 Å². The fraction of sp³-hybridized carbons (Fsp3) is 0.611.